The summed E-state index contributed by atoms with van der Waals surface area (Å²) in [6.45, 7) is 1.53. The highest BCUT2D eigenvalue weighted by atomic mass is 19.4. The van der Waals surface area contributed by atoms with Crippen LogP contribution >= 0.6 is 0 Å². The van der Waals surface area contributed by atoms with E-state index in [1.165, 1.54) is 6.92 Å². The van der Waals surface area contributed by atoms with E-state index in [9.17, 15) is 22.4 Å². The van der Waals surface area contributed by atoms with E-state index < -0.39 is 34.8 Å². The number of alkyl halides is 3. The first-order chi connectivity index (χ1) is 8.31. The first-order valence-corrected chi connectivity index (χ1v) is 5.11. The molecule has 0 saturated carbocycles. The van der Waals surface area contributed by atoms with Crippen molar-refractivity contribution in [1.29, 1.82) is 5.26 Å². The lowest BCUT2D eigenvalue weighted by molar-refractivity contribution is -0.137. The average molecular weight is 259 g/mol. The molecule has 1 unspecified atom stereocenters. The molecule has 0 saturated heterocycles. The molecule has 0 fully saturated rings. The predicted molar refractivity (Wildman–Crippen MR) is 55.1 cm³/mol. The van der Waals surface area contributed by atoms with Crippen LogP contribution in [0.15, 0.2) is 18.2 Å². The predicted octanol–water partition coefficient (Wildman–Crippen LogP) is 3.58. The van der Waals surface area contributed by atoms with Crippen LogP contribution in [0, 0.1) is 23.1 Å². The minimum atomic E-state index is -4.66. The van der Waals surface area contributed by atoms with Gasteiger partial charge in [-0.05, 0) is 24.6 Å². The highest BCUT2D eigenvalue weighted by Crippen LogP contribution is 2.31. The van der Waals surface area contributed by atoms with E-state index in [-0.39, 0.29) is 6.42 Å². The van der Waals surface area contributed by atoms with Crippen molar-refractivity contribution in [2.24, 2.45) is 5.92 Å². The van der Waals surface area contributed by atoms with Gasteiger partial charge in [0.1, 0.15) is 11.7 Å². The SMILES string of the molecule is CCC(C#N)C(=O)c1cc(C(F)(F)F)ccc1F. The Morgan fingerprint density at radius 2 is 2.06 bits per heavy atom. The summed E-state index contributed by atoms with van der Waals surface area (Å²) >= 11 is 0. The smallest absolute Gasteiger partial charge is 0.293 e. The van der Waals surface area contributed by atoms with E-state index in [4.69, 9.17) is 5.26 Å². The summed E-state index contributed by atoms with van der Waals surface area (Å²) in [5.74, 6) is -3.12. The second-order valence-corrected chi connectivity index (χ2v) is 3.65. The highest BCUT2D eigenvalue weighted by molar-refractivity contribution is 5.99. The number of ketones is 1. The third-order valence-corrected chi connectivity index (χ3v) is 2.44. The molecule has 0 amide bonds. The van der Waals surface area contributed by atoms with Crippen LogP contribution in [0.5, 0.6) is 0 Å². The zero-order chi connectivity index (χ0) is 13.9. The maximum absolute atomic E-state index is 13.3. The molecule has 0 N–H and O–H groups in total. The van der Waals surface area contributed by atoms with E-state index >= 15 is 0 Å². The Bertz CT molecular complexity index is 502. The molecule has 0 aliphatic rings. The molecule has 0 bridgehead atoms. The van der Waals surface area contributed by atoms with Gasteiger partial charge in [-0.15, -0.1) is 0 Å². The zero-order valence-electron chi connectivity index (χ0n) is 9.38. The molecule has 96 valence electrons. The van der Waals surface area contributed by atoms with Crippen LogP contribution in [0.3, 0.4) is 0 Å². The number of halogens is 4. The molecule has 0 spiro atoms. The van der Waals surface area contributed by atoms with Crippen molar-refractivity contribution < 1.29 is 22.4 Å². The summed E-state index contributed by atoms with van der Waals surface area (Å²) in [6, 6.07) is 3.22. The van der Waals surface area contributed by atoms with Crippen molar-refractivity contribution in [1.82, 2.24) is 0 Å². The summed E-state index contributed by atoms with van der Waals surface area (Å²) in [6.07, 6.45) is -4.54. The molecule has 0 radical (unpaired) electrons. The van der Waals surface area contributed by atoms with Crippen LogP contribution in [0.4, 0.5) is 17.6 Å². The molecule has 1 aromatic rings. The lowest BCUT2D eigenvalue weighted by Crippen LogP contribution is -2.15. The quantitative estimate of drug-likeness (QED) is 0.615. The van der Waals surface area contributed by atoms with E-state index in [2.05, 4.69) is 0 Å². The molecule has 18 heavy (non-hydrogen) atoms. The van der Waals surface area contributed by atoms with Crippen molar-refractivity contribution in [3.63, 3.8) is 0 Å². The van der Waals surface area contributed by atoms with Gasteiger partial charge in [0.2, 0.25) is 0 Å². The summed E-state index contributed by atoms with van der Waals surface area (Å²) in [4.78, 5) is 11.7. The molecule has 0 aliphatic carbocycles. The van der Waals surface area contributed by atoms with Gasteiger partial charge in [0.25, 0.3) is 0 Å². The Morgan fingerprint density at radius 1 is 1.44 bits per heavy atom. The zero-order valence-corrected chi connectivity index (χ0v) is 9.38. The van der Waals surface area contributed by atoms with E-state index in [0.717, 1.165) is 0 Å². The van der Waals surface area contributed by atoms with Crippen molar-refractivity contribution in [2.45, 2.75) is 19.5 Å². The fraction of sp³-hybridized carbons (Fsp3) is 0.333. The molecule has 0 aliphatic heterocycles. The Morgan fingerprint density at radius 3 is 2.50 bits per heavy atom. The number of carbonyl (C=O) groups is 1. The first-order valence-electron chi connectivity index (χ1n) is 5.11. The van der Waals surface area contributed by atoms with Gasteiger partial charge in [-0.1, -0.05) is 6.92 Å². The second kappa shape index (κ2) is 5.17. The number of rotatable bonds is 3. The first kappa shape index (κ1) is 14.2. The number of hydrogen-bond donors (Lipinski definition) is 0. The Balaban J connectivity index is 3.25. The number of Topliss-reactive ketones (excluding diaryl/α,β-unsaturated/α-hetero) is 1. The Kier molecular flexibility index (Phi) is 4.07. The largest absolute Gasteiger partial charge is 0.416 e. The molecule has 1 aromatic carbocycles. The molecule has 6 heteroatoms. The van der Waals surface area contributed by atoms with Crippen LogP contribution < -0.4 is 0 Å². The van der Waals surface area contributed by atoms with Gasteiger partial charge in [-0.2, -0.15) is 18.4 Å². The summed E-state index contributed by atoms with van der Waals surface area (Å²) < 4.78 is 50.6. The number of hydrogen-bond acceptors (Lipinski definition) is 2. The van der Waals surface area contributed by atoms with Gasteiger partial charge in [-0.25, -0.2) is 4.39 Å². The molecule has 0 heterocycles. The van der Waals surface area contributed by atoms with Gasteiger partial charge in [0.05, 0.1) is 17.2 Å². The second-order valence-electron chi connectivity index (χ2n) is 3.65. The number of benzene rings is 1. The van der Waals surface area contributed by atoms with Gasteiger partial charge in [0.15, 0.2) is 5.78 Å². The van der Waals surface area contributed by atoms with Gasteiger partial charge in [0, 0.05) is 0 Å². The molecule has 1 rings (SSSR count). The lowest BCUT2D eigenvalue weighted by atomic mass is 9.95. The number of nitrogens with zero attached hydrogens (tertiary/aromatic N) is 1. The van der Waals surface area contributed by atoms with Crippen LogP contribution in [0.2, 0.25) is 0 Å². The third kappa shape index (κ3) is 2.86. The van der Waals surface area contributed by atoms with E-state index in [1.54, 1.807) is 6.07 Å². The average Bonchev–Trinajstić information content (AvgIpc) is 2.29. The fourth-order valence-corrected chi connectivity index (χ4v) is 1.41. The van der Waals surface area contributed by atoms with Crippen molar-refractivity contribution in [3.8, 4) is 6.07 Å². The standard InChI is InChI=1S/C12H9F4NO/c1-2-7(6-17)11(18)9-5-8(12(14,15)16)3-4-10(9)13/h3-5,7H,2H2,1H3. The summed E-state index contributed by atoms with van der Waals surface area (Å²) in [5.41, 5.74) is -1.81. The Hall–Kier alpha value is -1.90. The molecule has 0 aromatic heterocycles. The van der Waals surface area contributed by atoms with Crippen molar-refractivity contribution in [2.75, 3.05) is 0 Å². The summed E-state index contributed by atoms with van der Waals surface area (Å²) in [7, 11) is 0. The van der Waals surface area contributed by atoms with Crippen LogP contribution in [0.25, 0.3) is 0 Å². The van der Waals surface area contributed by atoms with Gasteiger partial charge < -0.3 is 0 Å². The van der Waals surface area contributed by atoms with E-state index in [1.807, 2.05) is 0 Å². The van der Waals surface area contributed by atoms with Crippen molar-refractivity contribution >= 4 is 5.78 Å². The fourth-order valence-electron chi connectivity index (χ4n) is 1.41. The van der Waals surface area contributed by atoms with Crippen LogP contribution in [-0.4, -0.2) is 5.78 Å². The summed E-state index contributed by atoms with van der Waals surface area (Å²) in [5, 5.41) is 8.66. The van der Waals surface area contributed by atoms with Crippen LogP contribution in [0.1, 0.15) is 29.3 Å². The van der Waals surface area contributed by atoms with Gasteiger partial charge in [-0.3, -0.25) is 4.79 Å². The highest BCUT2D eigenvalue weighted by Gasteiger charge is 2.32. The monoisotopic (exact) mass is 259 g/mol. The van der Waals surface area contributed by atoms with E-state index in [0.29, 0.717) is 18.2 Å². The Labute approximate surface area is 101 Å². The normalized spacial score (nSPS) is 12.9. The maximum Gasteiger partial charge on any atom is 0.416 e. The molecule has 2 nitrogen and oxygen atoms in total. The topological polar surface area (TPSA) is 40.9 Å². The maximum atomic E-state index is 13.3. The molecule has 1 atom stereocenters. The molecular formula is C12H9F4NO. The minimum Gasteiger partial charge on any atom is -0.293 e. The number of nitriles is 1. The van der Waals surface area contributed by atoms with Crippen molar-refractivity contribution in [3.05, 3.63) is 35.1 Å². The van der Waals surface area contributed by atoms with Gasteiger partial charge >= 0.3 is 6.18 Å². The minimum absolute atomic E-state index is 0.116. The number of carbonyl (C=O) groups excluding carboxylic acids is 1. The van der Waals surface area contributed by atoms with Crippen LogP contribution in [-0.2, 0) is 6.18 Å². The lowest BCUT2D eigenvalue weighted by Gasteiger charge is -2.10. The molecular weight excluding hydrogens is 250 g/mol. The third-order valence-electron chi connectivity index (χ3n) is 2.44.